The normalized spacial score (nSPS) is 13.1. The standard InChI is InChI=1S/C54H32N2O/c1-2-12-36(13-3-1)55-47-20-8-5-15-39(47)44-30-33(25-28-49(44)55)34-26-29-50-45(31-34)40-16-6-9-21-48(40)56(50)46-19-7-4-14-37(46)35-24-27-38-41-17-10-22-51-53(41)54-42(43(38)32-35)18-11-23-52(54)57-51/h1-23,25,28,30-32H,26,29H2. The molecular formula is C54H32N2O. The molecule has 0 radical (unpaired) electrons. The number of rotatable bonds is 4. The van der Waals surface area contributed by atoms with Crippen molar-refractivity contribution in [3.05, 3.63) is 193 Å². The number of hydrogen-bond donors (Lipinski definition) is 0. The van der Waals surface area contributed by atoms with Crippen LogP contribution in [0.15, 0.2) is 168 Å². The molecule has 0 N–H and O–H groups in total. The van der Waals surface area contributed by atoms with Gasteiger partial charge >= 0.3 is 0 Å². The molecule has 0 unspecified atom stereocenters. The van der Waals surface area contributed by atoms with Crippen LogP contribution in [0.1, 0.15) is 23.2 Å². The highest BCUT2D eigenvalue weighted by Gasteiger charge is 2.24. The van der Waals surface area contributed by atoms with Gasteiger partial charge in [-0.15, -0.1) is 0 Å². The van der Waals surface area contributed by atoms with Gasteiger partial charge in [0.2, 0.25) is 0 Å². The minimum Gasteiger partial charge on any atom is -0.456 e. The molecule has 0 saturated carbocycles. The van der Waals surface area contributed by atoms with Crippen LogP contribution in [-0.4, -0.2) is 9.13 Å². The molecule has 264 valence electrons. The topological polar surface area (TPSA) is 23.0 Å². The van der Waals surface area contributed by atoms with Gasteiger partial charge < -0.3 is 13.6 Å². The van der Waals surface area contributed by atoms with Crippen molar-refractivity contribution in [2.24, 2.45) is 0 Å². The second kappa shape index (κ2) is 11.5. The minimum absolute atomic E-state index is 0.918. The first kappa shape index (κ1) is 30.7. The van der Waals surface area contributed by atoms with Gasteiger partial charge in [-0.3, -0.25) is 0 Å². The maximum absolute atomic E-state index is 6.32. The van der Waals surface area contributed by atoms with Crippen LogP contribution in [0.3, 0.4) is 0 Å². The fourth-order valence-corrected chi connectivity index (χ4v) is 9.97. The fourth-order valence-electron chi connectivity index (χ4n) is 9.97. The van der Waals surface area contributed by atoms with Crippen molar-refractivity contribution < 1.29 is 4.42 Å². The van der Waals surface area contributed by atoms with E-state index in [1.165, 1.54) is 82.3 Å². The van der Waals surface area contributed by atoms with Crippen molar-refractivity contribution in [3.8, 4) is 22.5 Å². The molecule has 0 saturated heterocycles. The predicted molar refractivity (Wildman–Crippen MR) is 237 cm³/mol. The smallest absolute Gasteiger partial charge is 0.136 e. The Hall–Kier alpha value is -7.54. The molecule has 3 heterocycles. The van der Waals surface area contributed by atoms with E-state index in [1.807, 2.05) is 0 Å². The molecule has 0 fully saturated rings. The molecule has 3 heteroatoms. The lowest BCUT2D eigenvalue weighted by atomic mass is 9.90. The van der Waals surface area contributed by atoms with Crippen LogP contribution < -0.4 is 0 Å². The van der Waals surface area contributed by atoms with Gasteiger partial charge in [0.1, 0.15) is 11.2 Å². The highest BCUT2D eigenvalue weighted by molar-refractivity contribution is 6.32. The van der Waals surface area contributed by atoms with Gasteiger partial charge in [-0.2, -0.15) is 0 Å². The highest BCUT2D eigenvalue weighted by Crippen LogP contribution is 2.45. The number of nitrogens with zero attached hydrogens (tertiary/aromatic N) is 2. The van der Waals surface area contributed by atoms with Gasteiger partial charge in [0.15, 0.2) is 0 Å². The fraction of sp³-hybridized carbons (Fsp3) is 0.0370. The van der Waals surface area contributed by atoms with E-state index < -0.39 is 0 Å². The van der Waals surface area contributed by atoms with E-state index in [0.717, 1.165) is 51.6 Å². The number of hydrogen-bond acceptors (Lipinski definition) is 1. The summed E-state index contributed by atoms with van der Waals surface area (Å²) in [7, 11) is 0. The summed E-state index contributed by atoms with van der Waals surface area (Å²) in [6, 6.07) is 66.5. The maximum Gasteiger partial charge on any atom is 0.136 e. The highest BCUT2D eigenvalue weighted by atomic mass is 16.3. The Morgan fingerprint density at radius 2 is 1.16 bits per heavy atom. The van der Waals surface area contributed by atoms with E-state index >= 15 is 0 Å². The van der Waals surface area contributed by atoms with Crippen LogP contribution in [0.4, 0.5) is 0 Å². The van der Waals surface area contributed by atoms with Gasteiger partial charge in [-0.25, -0.2) is 0 Å². The van der Waals surface area contributed by atoms with Crippen LogP contribution in [-0.2, 0) is 6.42 Å². The molecule has 1 aliphatic rings. The Bertz CT molecular complexity index is 3630. The van der Waals surface area contributed by atoms with E-state index in [2.05, 4.69) is 191 Å². The predicted octanol–water partition coefficient (Wildman–Crippen LogP) is 14.1. The number of fused-ring (bicyclic) bond motifs is 9. The van der Waals surface area contributed by atoms with Crippen LogP contribution in [0.2, 0.25) is 0 Å². The second-order valence-corrected chi connectivity index (χ2v) is 15.4. The molecule has 9 aromatic carbocycles. The quantitative estimate of drug-likeness (QED) is 0.166. The largest absolute Gasteiger partial charge is 0.456 e. The van der Waals surface area contributed by atoms with Crippen molar-refractivity contribution >= 4 is 87.8 Å². The van der Waals surface area contributed by atoms with Crippen molar-refractivity contribution in [1.29, 1.82) is 0 Å². The van der Waals surface area contributed by atoms with Gasteiger partial charge in [-0.05, 0) is 101 Å². The maximum atomic E-state index is 6.32. The van der Waals surface area contributed by atoms with Crippen molar-refractivity contribution in [1.82, 2.24) is 9.13 Å². The van der Waals surface area contributed by atoms with Crippen molar-refractivity contribution in [2.75, 3.05) is 0 Å². The molecular weight excluding hydrogens is 693 g/mol. The lowest BCUT2D eigenvalue weighted by Crippen LogP contribution is -2.06. The molecule has 0 atom stereocenters. The molecule has 12 aromatic rings. The van der Waals surface area contributed by atoms with Gasteiger partial charge in [-0.1, -0.05) is 115 Å². The lowest BCUT2D eigenvalue weighted by Gasteiger charge is -2.20. The van der Waals surface area contributed by atoms with E-state index in [0.29, 0.717) is 0 Å². The van der Waals surface area contributed by atoms with Crippen LogP contribution in [0, 0.1) is 12.1 Å². The summed E-state index contributed by atoms with van der Waals surface area (Å²) in [5.41, 5.74) is 15.3. The summed E-state index contributed by atoms with van der Waals surface area (Å²) in [6.45, 7) is 0. The molecule has 3 nitrogen and oxygen atoms in total. The first-order valence-corrected chi connectivity index (χ1v) is 19.7. The van der Waals surface area contributed by atoms with E-state index in [9.17, 15) is 0 Å². The summed E-state index contributed by atoms with van der Waals surface area (Å²) >= 11 is 0. The summed E-state index contributed by atoms with van der Waals surface area (Å²) < 4.78 is 11.2. The number of furan rings is 1. The third-order valence-electron chi connectivity index (χ3n) is 12.4. The van der Waals surface area contributed by atoms with Gasteiger partial charge in [0.25, 0.3) is 0 Å². The SMILES string of the molecule is c1c(-c2ccccc2-n2c3c(c4ccccc42)C=C(c2ccc4c(c2)c2ccccc2n4-c2ccccc2)CC3)cc2c(c#1)c1cccc3oc4cccc2c4c31. The number of benzene rings is 8. The first-order valence-electron chi connectivity index (χ1n) is 19.7. The molecule has 57 heavy (non-hydrogen) atoms. The van der Waals surface area contributed by atoms with E-state index in [-0.39, 0.29) is 0 Å². The molecule has 13 rings (SSSR count). The van der Waals surface area contributed by atoms with Gasteiger partial charge in [0.05, 0.1) is 22.2 Å². The molecule has 3 aromatic heterocycles. The van der Waals surface area contributed by atoms with Crippen LogP contribution in [0.25, 0.3) is 110 Å². The summed E-state index contributed by atoms with van der Waals surface area (Å²) in [4.78, 5) is 0. The summed E-state index contributed by atoms with van der Waals surface area (Å²) in [5, 5.41) is 10.8. The number of para-hydroxylation sites is 4. The average molecular weight is 725 g/mol. The molecule has 0 spiro atoms. The van der Waals surface area contributed by atoms with Crippen molar-refractivity contribution in [2.45, 2.75) is 12.8 Å². The third-order valence-corrected chi connectivity index (χ3v) is 12.4. The monoisotopic (exact) mass is 724 g/mol. The first-order chi connectivity index (χ1) is 28.3. The van der Waals surface area contributed by atoms with E-state index in [1.54, 1.807) is 0 Å². The zero-order valence-corrected chi connectivity index (χ0v) is 30.9. The zero-order chi connectivity index (χ0) is 37.2. The Kier molecular flexibility index (Phi) is 6.20. The molecule has 0 bridgehead atoms. The number of aromatic nitrogens is 2. The van der Waals surface area contributed by atoms with E-state index in [4.69, 9.17) is 4.42 Å². The summed E-state index contributed by atoms with van der Waals surface area (Å²) in [5.74, 6) is 0. The molecule has 1 aliphatic carbocycles. The molecule has 0 amide bonds. The summed E-state index contributed by atoms with van der Waals surface area (Å²) in [6.07, 6.45) is 4.35. The lowest BCUT2D eigenvalue weighted by molar-refractivity contribution is 0.669. The van der Waals surface area contributed by atoms with Gasteiger partial charge in [0, 0.05) is 65.8 Å². The van der Waals surface area contributed by atoms with Crippen molar-refractivity contribution in [3.63, 3.8) is 0 Å². The third kappa shape index (κ3) is 4.27. The Morgan fingerprint density at radius 1 is 0.474 bits per heavy atom. The Balaban J connectivity index is 0.979. The minimum atomic E-state index is 0.918. The van der Waals surface area contributed by atoms with Crippen LogP contribution >= 0.6 is 0 Å². The zero-order valence-electron chi connectivity index (χ0n) is 30.9. The number of allylic oxidation sites excluding steroid dienone is 1. The second-order valence-electron chi connectivity index (χ2n) is 15.4. The Morgan fingerprint density at radius 3 is 2.02 bits per heavy atom. The molecule has 0 aliphatic heterocycles. The van der Waals surface area contributed by atoms with Crippen LogP contribution in [0.5, 0.6) is 0 Å². The average Bonchev–Trinajstić information content (AvgIpc) is 3.94. The Labute approximate surface area is 328 Å².